The van der Waals surface area contributed by atoms with Crippen LogP contribution in [0.2, 0.25) is 0 Å². The summed E-state index contributed by atoms with van der Waals surface area (Å²) in [6, 6.07) is 4.95. The molecule has 0 radical (unpaired) electrons. The minimum Gasteiger partial charge on any atom is -0.399 e. The van der Waals surface area contributed by atoms with Gasteiger partial charge in [-0.05, 0) is 43.2 Å². The molecule has 0 fully saturated rings. The van der Waals surface area contributed by atoms with E-state index in [1.807, 2.05) is 0 Å². The second-order valence-corrected chi connectivity index (χ2v) is 6.21. The van der Waals surface area contributed by atoms with Crippen molar-refractivity contribution in [1.29, 1.82) is 0 Å². The predicted molar refractivity (Wildman–Crippen MR) is 76.4 cm³/mol. The van der Waals surface area contributed by atoms with Crippen molar-refractivity contribution >= 4 is 15.7 Å². The number of aromatic nitrogens is 2. The molecule has 0 spiro atoms. The Morgan fingerprint density at radius 2 is 1.90 bits per heavy atom. The highest BCUT2D eigenvalue weighted by atomic mass is 32.2. The number of hydrogen-bond donors (Lipinski definition) is 2. The van der Waals surface area contributed by atoms with Gasteiger partial charge in [0.1, 0.15) is 6.33 Å². The molecule has 0 saturated carbocycles. The first-order valence-electron chi connectivity index (χ1n) is 6.01. The summed E-state index contributed by atoms with van der Waals surface area (Å²) in [5.74, 6) is 0. The second kappa shape index (κ2) is 5.56. The molecule has 6 nitrogen and oxygen atoms in total. The first kappa shape index (κ1) is 14.4. The molecule has 1 aromatic carbocycles. The Bertz CT molecular complexity index is 691. The van der Waals surface area contributed by atoms with Gasteiger partial charge in [-0.2, -0.15) is 0 Å². The largest absolute Gasteiger partial charge is 0.399 e. The Balaban J connectivity index is 2.28. The third kappa shape index (κ3) is 3.12. The van der Waals surface area contributed by atoms with E-state index in [1.165, 1.54) is 6.33 Å². The van der Waals surface area contributed by atoms with Crippen LogP contribution in [0.3, 0.4) is 0 Å². The Labute approximate surface area is 118 Å². The van der Waals surface area contributed by atoms with Crippen molar-refractivity contribution < 1.29 is 8.42 Å². The summed E-state index contributed by atoms with van der Waals surface area (Å²) in [5.41, 5.74) is 8.11. The monoisotopic (exact) mass is 292 g/mol. The van der Waals surface area contributed by atoms with Gasteiger partial charge in [0.05, 0.1) is 17.1 Å². The number of benzene rings is 1. The first-order chi connectivity index (χ1) is 9.40. The Morgan fingerprint density at radius 1 is 1.25 bits per heavy atom. The molecule has 2 rings (SSSR count). The topological polar surface area (TPSA) is 98.0 Å². The van der Waals surface area contributed by atoms with Crippen LogP contribution in [0.15, 0.2) is 35.6 Å². The lowest BCUT2D eigenvalue weighted by molar-refractivity contribution is 0.579. The third-order valence-corrected chi connectivity index (χ3v) is 4.54. The zero-order valence-corrected chi connectivity index (χ0v) is 12.1. The van der Waals surface area contributed by atoms with E-state index in [2.05, 4.69) is 14.7 Å². The number of anilines is 1. The molecule has 2 aromatic rings. The molecule has 1 aromatic heterocycles. The van der Waals surface area contributed by atoms with Gasteiger partial charge >= 0.3 is 0 Å². The van der Waals surface area contributed by atoms with Crippen molar-refractivity contribution in [1.82, 2.24) is 14.7 Å². The van der Waals surface area contributed by atoms with E-state index in [1.54, 1.807) is 38.2 Å². The lowest BCUT2D eigenvalue weighted by Crippen LogP contribution is -2.25. The molecule has 0 saturated heterocycles. The highest BCUT2D eigenvalue weighted by Crippen LogP contribution is 2.22. The standard InChI is InChI=1S/C13H16N4O2S/c1-9-5-11(14)6-10(2)13(9)20(18,19)17-7-12-3-4-15-8-16-12/h3-6,8,17H,7,14H2,1-2H3. The van der Waals surface area contributed by atoms with Crippen LogP contribution in [0, 0.1) is 13.8 Å². The van der Waals surface area contributed by atoms with E-state index < -0.39 is 10.0 Å². The summed E-state index contributed by atoms with van der Waals surface area (Å²) in [5, 5.41) is 0. The summed E-state index contributed by atoms with van der Waals surface area (Å²) < 4.78 is 27.3. The van der Waals surface area contributed by atoms with E-state index in [9.17, 15) is 8.42 Å². The predicted octanol–water partition coefficient (Wildman–Crippen LogP) is 1.15. The number of nitrogens with two attached hydrogens (primary N) is 1. The normalized spacial score (nSPS) is 11.5. The molecule has 3 N–H and O–H groups in total. The van der Waals surface area contributed by atoms with Gasteiger partial charge in [0, 0.05) is 11.9 Å². The number of rotatable bonds is 4. The molecular formula is C13H16N4O2S. The van der Waals surface area contributed by atoms with Crippen molar-refractivity contribution in [2.24, 2.45) is 0 Å². The minimum absolute atomic E-state index is 0.119. The summed E-state index contributed by atoms with van der Waals surface area (Å²) >= 11 is 0. The summed E-state index contributed by atoms with van der Waals surface area (Å²) in [6.07, 6.45) is 2.94. The maximum Gasteiger partial charge on any atom is 0.241 e. The first-order valence-corrected chi connectivity index (χ1v) is 7.50. The van der Waals surface area contributed by atoms with Crippen LogP contribution >= 0.6 is 0 Å². The van der Waals surface area contributed by atoms with E-state index in [0.29, 0.717) is 22.5 Å². The third-order valence-electron chi connectivity index (χ3n) is 2.84. The summed E-state index contributed by atoms with van der Waals surface area (Å²) in [6.45, 7) is 3.57. The van der Waals surface area contributed by atoms with E-state index in [4.69, 9.17) is 5.73 Å². The fourth-order valence-electron chi connectivity index (χ4n) is 2.07. The van der Waals surface area contributed by atoms with Crippen LogP contribution < -0.4 is 10.5 Å². The van der Waals surface area contributed by atoms with Gasteiger partial charge in [-0.15, -0.1) is 0 Å². The quantitative estimate of drug-likeness (QED) is 0.824. The maximum absolute atomic E-state index is 12.4. The van der Waals surface area contributed by atoms with Gasteiger partial charge in [-0.25, -0.2) is 23.1 Å². The van der Waals surface area contributed by atoms with E-state index in [0.717, 1.165) is 0 Å². The van der Waals surface area contributed by atoms with Crippen molar-refractivity contribution in [2.75, 3.05) is 5.73 Å². The smallest absolute Gasteiger partial charge is 0.241 e. The van der Waals surface area contributed by atoms with Gasteiger partial charge in [0.25, 0.3) is 0 Å². The van der Waals surface area contributed by atoms with E-state index >= 15 is 0 Å². The lowest BCUT2D eigenvalue weighted by Gasteiger charge is -2.12. The molecule has 0 aliphatic rings. The molecule has 0 aliphatic heterocycles. The highest BCUT2D eigenvalue weighted by Gasteiger charge is 2.19. The molecule has 0 aliphatic carbocycles. The van der Waals surface area contributed by atoms with Crippen LogP contribution in [-0.2, 0) is 16.6 Å². The molecule has 0 amide bonds. The van der Waals surface area contributed by atoms with Crippen LogP contribution in [-0.4, -0.2) is 18.4 Å². The summed E-state index contributed by atoms with van der Waals surface area (Å²) in [7, 11) is -3.60. The van der Waals surface area contributed by atoms with Gasteiger partial charge in [-0.3, -0.25) is 0 Å². The highest BCUT2D eigenvalue weighted by molar-refractivity contribution is 7.89. The zero-order chi connectivity index (χ0) is 14.8. The maximum atomic E-state index is 12.4. The number of hydrogen-bond acceptors (Lipinski definition) is 5. The average Bonchev–Trinajstić information content (AvgIpc) is 2.36. The number of nitrogens with zero attached hydrogens (tertiary/aromatic N) is 2. The van der Waals surface area contributed by atoms with Crippen molar-refractivity contribution in [2.45, 2.75) is 25.3 Å². The average molecular weight is 292 g/mol. The molecule has 20 heavy (non-hydrogen) atoms. The number of sulfonamides is 1. The zero-order valence-electron chi connectivity index (χ0n) is 11.3. The number of nitrogens with one attached hydrogen (secondary N) is 1. The molecular weight excluding hydrogens is 276 g/mol. The van der Waals surface area contributed by atoms with Gasteiger partial charge < -0.3 is 5.73 Å². The molecule has 0 atom stereocenters. The van der Waals surface area contributed by atoms with Crippen LogP contribution in [0.4, 0.5) is 5.69 Å². The fraction of sp³-hybridized carbons (Fsp3) is 0.231. The Morgan fingerprint density at radius 3 is 2.45 bits per heavy atom. The van der Waals surface area contributed by atoms with Gasteiger partial charge in [0.2, 0.25) is 10.0 Å². The Kier molecular flexibility index (Phi) is 4.01. The van der Waals surface area contributed by atoms with Crippen LogP contribution in [0.25, 0.3) is 0 Å². The van der Waals surface area contributed by atoms with E-state index in [-0.39, 0.29) is 11.4 Å². The van der Waals surface area contributed by atoms with Crippen molar-refractivity contribution in [3.05, 3.63) is 47.5 Å². The lowest BCUT2D eigenvalue weighted by atomic mass is 10.1. The molecule has 7 heteroatoms. The van der Waals surface area contributed by atoms with Crippen LogP contribution in [0.5, 0.6) is 0 Å². The molecule has 106 valence electrons. The molecule has 0 unspecified atom stereocenters. The molecule has 0 bridgehead atoms. The van der Waals surface area contributed by atoms with Gasteiger partial charge in [-0.1, -0.05) is 0 Å². The van der Waals surface area contributed by atoms with Crippen LogP contribution in [0.1, 0.15) is 16.8 Å². The minimum atomic E-state index is -3.60. The summed E-state index contributed by atoms with van der Waals surface area (Å²) in [4.78, 5) is 8.02. The fourth-order valence-corrected chi connectivity index (χ4v) is 3.52. The molecule has 1 heterocycles. The van der Waals surface area contributed by atoms with Gasteiger partial charge in [0.15, 0.2) is 0 Å². The second-order valence-electron chi connectivity index (χ2n) is 4.51. The number of nitrogen functional groups attached to an aromatic ring is 1. The SMILES string of the molecule is Cc1cc(N)cc(C)c1S(=O)(=O)NCc1ccncn1. The number of aryl methyl sites for hydroxylation is 2. The van der Waals surface area contributed by atoms with Crippen molar-refractivity contribution in [3.8, 4) is 0 Å². The van der Waals surface area contributed by atoms with Crippen molar-refractivity contribution in [3.63, 3.8) is 0 Å². The Hall–Kier alpha value is -1.99.